The lowest BCUT2D eigenvalue weighted by Gasteiger charge is -2.18. The highest BCUT2D eigenvalue weighted by molar-refractivity contribution is 9.10. The van der Waals surface area contributed by atoms with Crippen molar-refractivity contribution in [3.63, 3.8) is 0 Å². The van der Waals surface area contributed by atoms with Gasteiger partial charge in [-0.3, -0.25) is 11.3 Å². The van der Waals surface area contributed by atoms with E-state index in [0.717, 1.165) is 10.0 Å². The molecular formula is C14H12BrCl2FN2. The number of halogens is 4. The van der Waals surface area contributed by atoms with Crippen molar-refractivity contribution in [3.05, 3.63) is 67.9 Å². The van der Waals surface area contributed by atoms with Crippen molar-refractivity contribution >= 4 is 39.1 Å². The highest BCUT2D eigenvalue weighted by Gasteiger charge is 2.15. The third kappa shape index (κ3) is 3.51. The smallest absolute Gasteiger partial charge is 0.142 e. The molecule has 0 fully saturated rings. The number of hydrogen-bond acceptors (Lipinski definition) is 2. The summed E-state index contributed by atoms with van der Waals surface area (Å²) >= 11 is 15.4. The standard InChI is InChI=1S/C14H12BrCl2FN2/c15-10-5-4-8(6-11(10)16)13(20-19)7-9-2-1-3-12(18)14(9)17/h1-6,13,20H,7,19H2. The lowest BCUT2D eigenvalue weighted by molar-refractivity contribution is 0.548. The average Bonchev–Trinajstić information content (AvgIpc) is 2.44. The van der Waals surface area contributed by atoms with Gasteiger partial charge in [-0.1, -0.05) is 41.4 Å². The molecule has 0 saturated carbocycles. The average molecular weight is 378 g/mol. The summed E-state index contributed by atoms with van der Waals surface area (Å²) in [4.78, 5) is 0. The van der Waals surface area contributed by atoms with Crippen molar-refractivity contribution in [2.75, 3.05) is 0 Å². The second-order valence-electron chi connectivity index (χ2n) is 4.31. The second-order valence-corrected chi connectivity index (χ2v) is 5.95. The third-order valence-corrected chi connectivity index (χ3v) is 4.66. The zero-order valence-corrected chi connectivity index (χ0v) is 13.4. The Hall–Kier alpha value is -0.650. The fourth-order valence-electron chi connectivity index (χ4n) is 1.93. The molecule has 2 rings (SSSR count). The van der Waals surface area contributed by atoms with Crippen LogP contribution in [0.3, 0.4) is 0 Å². The van der Waals surface area contributed by atoms with Crippen LogP contribution in [0.5, 0.6) is 0 Å². The summed E-state index contributed by atoms with van der Waals surface area (Å²) in [5.41, 5.74) is 4.30. The molecule has 2 nitrogen and oxygen atoms in total. The minimum absolute atomic E-state index is 0.121. The molecule has 0 saturated heterocycles. The van der Waals surface area contributed by atoms with E-state index in [1.165, 1.54) is 6.07 Å². The number of hydrogen-bond donors (Lipinski definition) is 2. The molecule has 0 spiro atoms. The zero-order chi connectivity index (χ0) is 14.7. The van der Waals surface area contributed by atoms with E-state index in [2.05, 4.69) is 21.4 Å². The minimum Gasteiger partial charge on any atom is -0.271 e. The normalized spacial score (nSPS) is 12.4. The van der Waals surface area contributed by atoms with E-state index >= 15 is 0 Å². The maximum Gasteiger partial charge on any atom is 0.142 e. The lowest BCUT2D eigenvalue weighted by Crippen LogP contribution is -2.29. The van der Waals surface area contributed by atoms with E-state index in [1.807, 2.05) is 18.2 Å². The quantitative estimate of drug-likeness (QED) is 0.601. The van der Waals surface area contributed by atoms with Crippen LogP contribution >= 0.6 is 39.1 Å². The molecule has 106 valence electrons. The van der Waals surface area contributed by atoms with Crippen LogP contribution in [0.25, 0.3) is 0 Å². The van der Waals surface area contributed by atoms with Crippen LogP contribution in [0.2, 0.25) is 10.0 Å². The first-order valence-corrected chi connectivity index (χ1v) is 7.41. The Morgan fingerprint density at radius 2 is 2.00 bits per heavy atom. The van der Waals surface area contributed by atoms with E-state index in [0.29, 0.717) is 17.0 Å². The van der Waals surface area contributed by atoms with Gasteiger partial charge >= 0.3 is 0 Å². The first-order chi connectivity index (χ1) is 9.52. The van der Waals surface area contributed by atoms with Crippen LogP contribution in [0.4, 0.5) is 4.39 Å². The molecule has 6 heteroatoms. The number of nitrogens with two attached hydrogens (primary N) is 1. The maximum absolute atomic E-state index is 13.4. The van der Waals surface area contributed by atoms with Crippen LogP contribution < -0.4 is 11.3 Å². The fourth-order valence-corrected chi connectivity index (χ4v) is 2.57. The van der Waals surface area contributed by atoms with E-state index in [-0.39, 0.29) is 11.1 Å². The SMILES string of the molecule is NNC(Cc1cccc(F)c1Cl)c1ccc(Br)c(Cl)c1. The number of nitrogens with one attached hydrogen (secondary N) is 1. The molecule has 1 atom stereocenters. The maximum atomic E-state index is 13.4. The van der Waals surface area contributed by atoms with Gasteiger partial charge in [-0.15, -0.1) is 0 Å². The fraction of sp³-hybridized carbons (Fsp3) is 0.143. The van der Waals surface area contributed by atoms with Crippen molar-refractivity contribution < 1.29 is 4.39 Å². The summed E-state index contributed by atoms with van der Waals surface area (Å²) in [6.45, 7) is 0. The van der Waals surface area contributed by atoms with Crippen molar-refractivity contribution in [2.24, 2.45) is 5.84 Å². The summed E-state index contributed by atoms with van der Waals surface area (Å²) in [7, 11) is 0. The van der Waals surface area contributed by atoms with Crippen LogP contribution in [0.15, 0.2) is 40.9 Å². The Balaban J connectivity index is 2.28. The molecule has 20 heavy (non-hydrogen) atoms. The molecule has 0 amide bonds. The van der Waals surface area contributed by atoms with Crippen molar-refractivity contribution in [1.82, 2.24) is 5.43 Å². The van der Waals surface area contributed by atoms with Gasteiger partial charge in [0, 0.05) is 4.47 Å². The van der Waals surface area contributed by atoms with Gasteiger partial charge in [0.25, 0.3) is 0 Å². The van der Waals surface area contributed by atoms with Crippen LogP contribution in [0.1, 0.15) is 17.2 Å². The molecule has 0 bridgehead atoms. The van der Waals surface area contributed by atoms with Gasteiger partial charge in [0.15, 0.2) is 0 Å². The Bertz CT molecular complexity index is 622. The van der Waals surface area contributed by atoms with Gasteiger partial charge in [0.2, 0.25) is 0 Å². The minimum atomic E-state index is -0.436. The van der Waals surface area contributed by atoms with Gasteiger partial charge in [-0.2, -0.15) is 0 Å². The van der Waals surface area contributed by atoms with Crippen molar-refractivity contribution in [2.45, 2.75) is 12.5 Å². The predicted molar refractivity (Wildman–Crippen MR) is 84.3 cm³/mol. The number of hydrazine groups is 1. The van der Waals surface area contributed by atoms with Crippen molar-refractivity contribution in [3.8, 4) is 0 Å². The number of rotatable bonds is 4. The van der Waals surface area contributed by atoms with E-state index in [1.54, 1.807) is 12.1 Å². The van der Waals surface area contributed by atoms with Crippen molar-refractivity contribution in [1.29, 1.82) is 0 Å². The monoisotopic (exact) mass is 376 g/mol. The topological polar surface area (TPSA) is 38.0 Å². The van der Waals surface area contributed by atoms with Crippen LogP contribution in [0, 0.1) is 5.82 Å². The summed E-state index contributed by atoms with van der Waals surface area (Å²) in [6.07, 6.45) is 0.463. The Kier molecular flexibility index (Phi) is 5.41. The Labute approximate surface area is 135 Å². The third-order valence-electron chi connectivity index (χ3n) is 3.00. The van der Waals surface area contributed by atoms with E-state index < -0.39 is 5.82 Å². The molecule has 0 aromatic heterocycles. The van der Waals surface area contributed by atoms with Crippen LogP contribution in [-0.2, 0) is 6.42 Å². The predicted octanol–water partition coefficient (Wildman–Crippen LogP) is 4.64. The summed E-state index contributed by atoms with van der Waals surface area (Å²) < 4.78 is 14.2. The van der Waals surface area contributed by atoms with E-state index in [9.17, 15) is 4.39 Å². The van der Waals surface area contributed by atoms with Gasteiger partial charge < -0.3 is 0 Å². The van der Waals surface area contributed by atoms with Gasteiger partial charge in [-0.25, -0.2) is 4.39 Å². The molecule has 2 aromatic carbocycles. The first-order valence-electron chi connectivity index (χ1n) is 5.87. The van der Waals surface area contributed by atoms with Gasteiger partial charge in [0.1, 0.15) is 5.82 Å². The number of benzene rings is 2. The highest BCUT2D eigenvalue weighted by atomic mass is 79.9. The molecule has 0 aliphatic rings. The Morgan fingerprint density at radius 1 is 1.25 bits per heavy atom. The molecule has 0 heterocycles. The molecule has 0 radical (unpaired) electrons. The van der Waals surface area contributed by atoms with Gasteiger partial charge in [0.05, 0.1) is 16.1 Å². The molecule has 0 aliphatic heterocycles. The molecule has 0 aliphatic carbocycles. The van der Waals surface area contributed by atoms with Crippen LogP contribution in [-0.4, -0.2) is 0 Å². The zero-order valence-electron chi connectivity index (χ0n) is 10.3. The van der Waals surface area contributed by atoms with Gasteiger partial charge in [-0.05, 0) is 51.7 Å². The lowest BCUT2D eigenvalue weighted by atomic mass is 9.99. The summed E-state index contributed by atoms with van der Waals surface area (Å²) in [6, 6.07) is 10.1. The molecule has 2 aromatic rings. The largest absolute Gasteiger partial charge is 0.271 e. The molecule has 3 N–H and O–H groups in total. The summed E-state index contributed by atoms with van der Waals surface area (Å²) in [5.74, 6) is 5.15. The summed E-state index contributed by atoms with van der Waals surface area (Å²) in [5, 5.41) is 0.712. The molecule has 1 unspecified atom stereocenters. The first kappa shape index (κ1) is 15.7. The second kappa shape index (κ2) is 6.87. The van der Waals surface area contributed by atoms with E-state index in [4.69, 9.17) is 29.0 Å². The Morgan fingerprint density at radius 3 is 2.65 bits per heavy atom. The highest BCUT2D eigenvalue weighted by Crippen LogP contribution is 2.29. The molecular weight excluding hydrogens is 366 g/mol.